The summed E-state index contributed by atoms with van der Waals surface area (Å²) in [6, 6.07) is 3.89. The third-order valence-electron chi connectivity index (χ3n) is 6.10. The topological polar surface area (TPSA) is 57.2 Å². The molecule has 1 saturated carbocycles. The van der Waals surface area contributed by atoms with E-state index in [4.69, 9.17) is 18.9 Å². The van der Waals surface area contributed by atoms with Gasteiger partial charge in [0.25, 0.3) is 0 Å². The number of esters is 1. The van der Waals surface area contributed by atoms with Crippen molar-refractivity contribution in [3.63, 3.8) is 0 Å². The molecule has 1 aromatic carbocycles. The summed E-state index contributed by atoms with van der Waals surface area (Å²) in [6.45, 7) is 6.75. The normalized spacial score (nSPS) is 26.6. The minimum absolute atomic E-state index is 0.0800. The van der Waals surface area contributed by atoms with Crippen LogP contribution in [-0.4, -0.2) is 52.4 Å². The Morgan fingerprint density at radius 3 is 2.35 bits per heavy atom. The molecule has 0 bridgehead atoms. The Labute approximate surface area is 155 Å². The number of hydrogen-bond donors (Lipinski definition) is 0. The number of rotatable bonds is 6. The fraction of sp³-hybridized carbons (Fsp3) is 0.650. The highest BCUT2D eigenvalue weighted by Gasteiger charge is 2.67. The Balaban J connectivity index is 1.86. The zero-order valence-corrected chi connectivity index (χ0v) is 16.5. The van der Waals surface area contributed by atoms with Gasteiger partial charge >= 0.3 is 5.97 Å². The number of methoxy groups -OCH3 is 4. The Hall–Kier alpha value is -1.95. The van der Waals surface area contributed by atoms with Crippen molar-refractivity contribution in [2.75, 3.05) is 41.5 Å². The van der Waals surface area contributed by atoms with Crippen LogP contribution < -0.4 is 14.2 Å². The number of carbonyl (C=O) groups is 1. The predicted octanol–water partition coefficient (Wildman–Crippen LogP) is 2.73. The number of ether oxygens (including phenoxy) is 4. The molecule has 2 fully saturated rings. The largest absolute Gasteiger partial charge is 0.493 e. The first-order valence-electron chi connectivity index (χ1n) is 8.91. The zero-order valence-electron chi connectivity index (χ0n) is 16.5. The van der Waals surface area contributed by atoms with Crippen molar-refractivity contribution >= 4 is 5.97 Å². The van der Waals surface area contributed by atoms with Gasteiger partial charge in [0.05, 0.1) is 33.9 Å². The van der Waals surface area contributed by atoms with Gasteiger partial charge in [-0.3, -0.25) is 9.69 Å². The smallest absolute Gasteiger partial charge is 0.313 e. The second kappa shape index (κ2) is 6.65. The highest BCUT2D eigenvalue weighted by atomic mass is 16.5. The number of likely N-dealkylation sites (tertiary alicyclic amines) is 1. The van der Waals surface area contributed by atoms with Gasteiger partial charge in [0, 0.05) is 25.2 Å². The number of benzene rings is 1. The Kier molecular flexibility index (Phi) is 4.82. The molecule has 3 rings (SSSR count). The van der Waals surface area contributed by atoms with E-state index in [0.717, 1.165) is 18.5 Å². The number of carbonyl (C=O) groups excluding carboxylic acids is 1. The Bertz CT molecular complexity index is 702. The molecule has 144 valence electrons. The molecule has 1 aliphatic carbocycles. The number of fused-ring (bicyclic) bond motifs is 1. The summed E-state index contributed by atoms with van der Waals surface area (Å²) in [4.78, 5) is 14.8. The molecular weight excluding hydrogens is 334 g/mol. The molecule has 26 heavy (non-hydrogen) atoms. The van der Waals surface area contributed by atoms with Crippen LogP contribution in [0, 0.1) is 16.7 Å². The quantitative estimate of drug-likeness (QED) is 0.725. The number of hydrogen-bond acceptors (Lipinski definition) is 6. The summed E-state index contributed by atoms with van der Waals surface area (Å²) in [6.07, 6.45) is 0.872. The maximum Gasteiger partial charge on any atom is 0.313 e. The van der Waals surface area contributed by atoms with Crippen LogP contribution in [0.1, 0.15) is 25.8 Å². The van der Waals surface area contributed by atoms with Gasteiger partial charge in [-0.15, -0.1) is 0 Å². The minimum Gasteiger partial charge on any atom is -0.493 e. The summed E-state index contributed by atoms with van der Waals surface area (Å²) < 4.78 is 21.6. The molecule has 1 saturated heterocycles. The van der Waals surface area contributed by atoms with Gasteiger partial charge in [-0.05, 0) is 23.8 Å². The van der Waals surface area contributed by atoms with Gasteiger partial charge in [0.2, 0.25) is 5.75 Å². The standard InChI is InChI=1S/C20H29NO5/c1-19(2)11-20(18(22)26-6)12-21(10-15(19)20)9-13-7-8-14(23-3)17(25-5)16(13)24-4/h7-8,15H,9-12H2,1-6H3/t15-,20+/m1/s1. The second-order valence-electron chi connectivity index (χ2n) is 8.03. The predicted molar refractivity (Wildman–Crippen MR) is 97.7 cm³/mol. The van der Waals surface area contributed by atoms with Crippen molar-refractivity contribution in [1.29, 1.82) is 0 Å². The lowest BCUT2D eigenvalue weighted by atomic mass is 9.48. The van der Waals surface area contributed by atoms with Gasteiger partial charge in [0.15, 0.2) is 11.5 Å². The lowest BCUT2D eigenvalue weighted by Gasteiger charge is -2.54. The van der Waals surface area contributed by atoms with Crippen molar-refractivity contribution in [2.24, 2.45) is 16.7 Å². The van der Waals surface area contributed by atoms with Gasteiger partial charge in [0.1, 0.15) is 0 Å². The fourth-order valence-corrected chi connectivity index (χ4v) is 5.12. The third kappa shape index (κ3) is 2.71. The average Bonchev–Trinajstić information content (AvgIpc) is 2.95. The summed E-state index contributed by atoms with van der Waals surface area (Å²) in [7, 11) is 6.33. The summed E-state index contributed by atoms with van der Waals surface area (Å²) in [5.74, 6) is 2.15. The lowest BCUT2D eigenvalue weighted by Crippen LogP contribution is -2.57. The van der Waals surface area contributed by atoms with Crippen molar-refractivity contribution in [3.8, 4) is 17.2 Å². The highest BCUT2D eigenvalue weighted by molar-refractivity contribution is 5.80. The molecule has 1 heterocycles. The van der Waals surface area contributed by atoms with E-state index in [0.29, 0.717) is 36.3 Å². The van der Waals surface area contributed by atoms with E-state index in [-0.39, 0.29) is 16.8 Å². The van der Waals surface area contributed by atoms with Gasteiger partial charge in [-0.2, -0.15) is 0 Å². The highest BCUT2D eigenvalue weighted by Crippen LogP contribution is 2.63. The van der Waals surface area contributed by atoms with Gasteiger partial charge in [-0.1, -0.05) is 19.9 Å². The van der Waals surface area contributed by atoms with E-state index in [1.54, 1.807) is 21.3 Å². The van der Waals surface area contributed by atoms with Crippen LogP contribution in [0.5, 0.6) is 17.2 Å². The van der Waals surface area contributed by atoms with Crippen molar-refractivity contribution in [1.82, 2.24) is 4.90 Å². The van der Waals surface area contributed by atoms with Gasteiger partial charge < -0.3 is 18.9 Å². The molecule has 0 radical (unpaired) electrons. The summed E-state index contributed by atoms with van der Waals surface area (Å²) >= 11 is 0. The van der Waals surface area contributed by atoms with E-state index >= 15 is 0 Å². The summed E-state index contributed by atoms with van der Waals surface area (Å²) in [5.41, 5.74) is 0.802. The molecule has 6 nitrogen and oxygen atoms in total. The van der Waals surface area contributed by atoms with Crippen LogP contribution in [0.3, 0.4) is 0 Å². The molecule has 0 N–H and O–H groups in total. The molecule has 0 unspecified atom stereocenters. The van der Waals surface area contributed by atoms with Crippen LogP contribution in [0.2, 0.25) is 0 Å². The van der Waals surface area contributed by atoms with Crippen LogP contribution in [0.25, 0.3) is 0 Å². The molecule has 0 aromatic heterocycles. The number of nitrogens with zero attached hydrogens (tertiary/aromatic N) is 1. The molecule has 0 amide bonds. The van der Waals surface area contributed by atoms with Crippen LogP contribution in [-0.2, 0) is 16.1 Å². The summed E-state index contributed by atoms with van der Waals surface area (Å²) in [5, 5.41) is 0. The SMILES string of the molecule is COC(=O)[C@@]12CN(Cc3ccc(OC)c(OC)c3OC)C[C@@H]1C(C)(C)C2. The zero-order chi connectivity index (χ0) is 19.1. The molecule has 1 aliphatic heterocycles. The van der Waals surface area contributed by atoms with E-state index in [1.807, 2.05) is 12.1 Å². The van der Waals surface area contributed by atoms with Gasteiger partial charge in [-0.25, -0.2) is 0 Å². The first-order valence-corrected chi connectivity index (χ1v) is 8.91. The van der Waals surface area contributed by atoms with Crippen LogP contribution in [0.15, 0.2) is 12.1 Å². The first kappa shape index (κ1) is 18.8. The maximum absolute atomic E-state index is 12.5. The molecule has 2 atom stereocenters. The van der Waals surface area contributed by atoms with Crippen molar-refractivity contribution in [2.45, 2.75) is 26.8 Å². The molecule has 0 spiro atoms. The van der Waals surface area contributed by atoms with Crippen LogP contribution >= 0.6 is 0 Å². The second-order valence-corrected chi connectivity index (χ2v) is 8.03. The molecule has 6 heteroatoms. The fourth-order valence-electron chi connectivity index (χ4n) is 5.12. The third-order valence-corrected chi connectivity index (χ3v) is 6.10. The van der Waals surface area contributed by atoms with E-state index in [9.17, 15) is 4.79 Å². The molecular formula is C20H29NO5. The minimum atomic E-state index is -0.373. The Morgan fingerprint density at radius 2 is 1.81 bits per heavy atom. The monoisotopic (exact) mass is 363 g/mol. The van der Waals surface area contributed by atoms with Crippen molar-refractivity contribution < 1.29 is 23.7 Å². The molecule has 1 aromatic rings. The average molecular weight is 363 g/mol. The van der Waals surface area contributed by atoms with E-state index < -0.39 is 0 Å². The maximum atomic E-state index is 12.5. The first-order chi connectivity index (χ1) is 12.3. The van der Waals surface area contributed by atoms with Crippen LogP contribution in [0.4, 0.5) is 0 Å². The Morgan fingerprint density at radius 1 is 1.12 bits per heavy atom. The van der Waals surface area contributed by atoms with E-state index in [2.05, 4.69) is 18.7 Å². The lowest BCUT2D eigenvalue weighted by molar-refractivity contribution is -0.174. The molecule has 2 aliphatic rings. The van der Waals surface area contributed by atoms with Crippen molar-refractivity contribution in [3.05, 3.63) is 17.7 Å². The van der Waals surface area contributed by atoms with E-state index in [1.165, 1.54) is 7.11 Å².